The number of para-hydroxylation sites is 1. The number of nitrogens with zero attached hydrogens (tertiary/aromatic N) is 4. The molecule has 0 aliphatic carbocycles. The Hall–Kier alpha value is -2.99. The SMILES string of the molecule is O=C(c1cnn(-c2ccccc2)c1)N1CC[NH+](Cc2ccncc2)CC1. The Labute approximate surface area is 152 Å². The number of hydrogen-bond donors (Lipinski definition) is 1. The van der Waals surface area contributed by atoms with E-state index in [0.29, 0.717) is 5.56 Å². The molecular weight excluding hydrogens is 326 g/mol. The molecule has 1 fully saturated rings. The van der Waals surface area contributed by atoms with Crippen molar-refractivity contribution in [1.82, 2.24) is 19.7 Å². The molecule has 3 aromatic rings. The van der Waals surface area contributed by atoms with Gasteiger partial charge in [0, 0.05) is 24.2 Å². The highest BCUT2D eigenvalue weighted by molar-refractivity contribution is 5.93. The van der Waals surface area contributed by atoms with E-state index in [4.69, 9.17) is 0 Å². The lowest BCUT2D eigenvalue weighted by Gasteiger charge is -2.32. The van der Waals surface area contributed by atoms with Gasteiger partial charge in [-0.3, -0.25) is 9.78 Å². The molecule has 0 unspecified atom stereocenters. The zero-order valence-corrected chi connectivity index (χ0v) is 14.6. The van der Waals surface area contributed by atoms with Crippen molar-refractivity contribution in [3.05, 3.63) is 78.4 Å². The third kappa shape index (κ3) is 3.65. The first-order chi connectivity index (χ1) is 12.8. The number of hydrogen-bond acceptors (Lipinski definition) is 3. The number of rotatable bonds is 4. The summed E-state index contributed by atoms with van der Waals surface area (Å²) in [6.07, 6.45) is 7.14. The molecule has 1 N–H and O–H groups in total. The van der Waals surface area contributed by atoms with Gasteiger partial charge in [0.15, 0.2) is 0 Å². The quantitative estimate of drug-likeness (QED) is 0.759. The average Bonchev–Trinajstić information content (AvgIpc) is 3.20. The normalized spacial score (nSPS) is 15.2. The highest BCUT2D eigenvalue weighted by Crippen LogP contribution is 2.10. The second-order valence-electron chi connectivity index (χ2n) is 6.58. The Morgan fingerprint density at radius 2 is 1.77 bits per heavy atom. The van der Waals surface area contributed by atoms with Gasteiger partial charge >= 0.3 is 0 Å². The lowest BCUT2D eigenvalue weighted by molar-refractivity contribution is -0.917. The van der Waals surface area contributed by atoms with E-state index in [-0.39, 0.29) is 5.91 Å². The second-order valence-corrected chi connectivity index (χ2v) is 6.58. The predicted octanol–water partition coefficient (Wildman–Crippen LogP) is 0.808. The van der Waals surface area contributed by atoms with Crippen LogP contribution in [-0.4, -0.2) is 51.8 Å². The average molecular weight is 348 g/mol. The molecule has 132 valence electrons. The van der Waals surface area contributed by atoms with E-state index in [1.165, 1.54) is 10.5 Å². The summed E-state index contributed by atoms with van der Waals surface area (Å²) in [5, 5.41) is 4.33. The molecule has 1 saturated heterocycles. The van der Waals surface area contributed by atoms with Crippen LogP contribution in [0.4, 0.5) is 0 Å². The molecule has 3 heterocycles. The number of piperazine rings is 1. The van der Waals surface area contributed by atoms with Crippen molar-refractivity contribution in [1.29, 1.82) is 0 Å². The van der Waals surface area contributed by atoms with E-state index >= 15 is 0 Å². The van der Waals surface area contributed by atoms with Crippen molar-refractivity contribution in [2.75, 3.05) is 26.2 Å². The number of nitrogens with one attached hydrogen (secondary N) is 1. The third-order valence-corrected chi connectivity index (χ3v) is 4.81. The standard InChI is InChI=1S/C20H21N5O/c26-20(18-14-22-25(16-18)19-4-2-1-3-5-19)24-12-10-23(11-13-24)15-17-6-8-21-9-7-17/h1-9,14,16H,10-13,15H2/p+1. The van der Waals surface area contributed by atoms with E-state index in [1.54, 1.807) is 10.9 Å². The van der Waals surface area contributed by atoms with Crippen LogP contribution in [0, 0.1) is 0 Å². The van der Waals surface area contributed by atoms with Crippen molar-refractivity contribution in [2.45, 2.75) is 6.54 Å². The number of carbonyl (C=O) groups excluding carboxylic acids is 1. The van der Waals surface area contributed by atoms with Crippen LogP contribution in [0.15, 0.2) is 67.3 Å². The van der Waals surface area contributed by atoms with E-state index in [0.717, 1.165) is 38.4 Å². The van der Waals surface area contributed by atoms with Gasteiger partial charge in [0.1, 0.15) is 6.54 Å². The molecule has 1 amide bonds. The third-order valence-electron chi connectivity index (χ3n) is 4.81. The Balaban J connectivity index is 1.36. The summed E-state index contributed by atoms with van der Waals surface area (Å²) in [5.74, 6) is 0.0649. The van der Waals surface area contributed by atoms with Gasteiger partial charge in [-0.2, -0.15) is 5.10 Å². The summed E-state index contributed by atoms with van der Waals surface area (Å²) in [5.41, 5.74) is 2.89. The summed E-state index contributed by atoms with van der Waals surface area (Å²) in [4.78, 5) is 20.3. The van der Waals surface area contributed by atoms with Gasteiger partial charge in [-0.15, -0.1) is 0 Å². The Morgan fingerprint density at radius 3 is 2.50 bits per heavy atom. The van der Waals surface area contributed by atoms with Crippen LogP contribution in [0.25, 0.3) is 5.69 Å². The number of pyridine rings is 1. The minimum absolute atomic E-state index is 0.0649. The molecule has 0 radical (unpaired) electrons. The van der Waals surface area contributed by atoms with Gasteiger partial charge in [0.2, 0.25) is 0 Å². The van der Waals surface area contributed by atoms with Crippen LogP contribution in [0.1, 0.15) is 15.9 Å². The van der Waals surface area contributed by atoms with Crippen molar-refractivity contribution in [3.63, 3.8) is 0 Å². The van der Waals surface area contributed by atoms with Crippen LogP contribution >= 0.6 is 0 Å². The molecule has 0 atom stereocenters. The highest BCUT2D eigenvalue weighted by Gasteiger charge is 2.25. The van der Waals surface area contributed by atoms with Gasteiger partial charge in [-0.25, -0.2) is 4.68 Å². The molecule has 26 heavy (non-hydrogen) atoms. The second kappa shape index (κ2) is 7.49. The van der Waals surface area contributed by atoms with Gasteiger partial charge in [0.25, 0.3) is 5.91 Å². The van der Waals surface area contributed by atoms with Crippen LogP contribution < -0.4 is 4.90 Å². The number of quaternary nitrogens is 1. The maximum Gasteiger partial charge on any atom is 0.257 e. The number of aromatic nitrogens is 3. The molecule has 0 saturated carbocycles. The summed E-state index contributed by atoms with van der Waals surface area (Å²) in [6, 6.07) is 14.0. The summed E-state index contributed by atoms with van der Waals surface area (Å²) < 4.78 is 1.75. The van der Waals surface area contributed by atoms with E-state index in [1.807, 2.05) is 53.8 Å². The first-order valence-corrected chi connectivity index (χ1v) is 8.91. The summed E-state index contributed by atoms with van der Waals surface area (Å²) in [7, 11) is 0. The lowest BCUT2D eigenvalue weighted by atomic mass is 10.2. The molecule has 1 aliphatic rings. The first-order valence-electron chi connectivity index (χ1n) is 8.91. The highest BCUT2D eigenvalue weighted by atomic mass is 16.2. The summed E-state index contributed by atoms with van der Waals surface area (Å²) in [6.45, 7) is 4.45. The van der Waals surface area contributed by atoms with E-state index < -0.39 is 0 Å². The van der Waals surface area contributed by atoms with E-state index in [9.17, 15) is 4.79 Å². The number of amides is 1. The summed E-state index contributed by atoms with van der Waals surface area (Å²) >= 11 is 0. The fourth-order valence-corrected chi connectivity index (χ4v) is 3.33. The van der Waals surface area contributed by atoms with Gasteiger partial charge in [-0.05, 0) is 24.3 Å². The van der Waals surface area contributed by atoms with Crippen molar-refractivity contribution >= 4 is 5.91 Å². The monoisotopic (exact) mass is 348 g/mol. The molecule has 6 nitrogen and oxygen atoms in total. The van der Waals surface area contributed by atoms with Crippen molar-refractivity contribution < 1.29 is 9.69 Å². The smallest absolute Gasteiger partial charge is 0.257 e. The maximum absolute atomic E-state index is 12.8. The van der Waals surface area contributed by atoms with Crippen molar-refractivity contribution in [2.24, 2.45) is 0 Å². The molecule has 4 rings (SSSR count). The molecule has 1 aromatic carbocycles. The lowest BCUT2D eigenvalue weighted by Crippen LogP contribution is -3.13. The molecule has 0 bridgehead atoms. The minimum atomic E-state index is 0.0649. The maximum atomic E-state index is 12.8. The topological polar surface area (TPSA) is 55.5 Å². The van der Waals surface area contributed by atoms with Gasteiger partial charge in [0.05, 0.1) is 43.6 Å². The Bertz CT molecular complexity index is 854. The van der Waals surface area contributed by atoms with Gasteiger partial charge < -0.3 is 9.80 Å². The zero-order valence-electron chi connectivity index (χ0n) is 14.6. The molecule has 2 aromatic heterocycles. The number of carbonyl (C=O) groups is 1. The first kappa shape index (κ1) is 16.5. The number of benzene rings is 1. The van der Waals surface area contributed by atoms with Crippen LogP contribution in [-0.2, 0) is 6.54 Å². The predicted molar refractivity (Wildman–Crippen MR) is 98.1 cm³/mol. The largest absolute Gasteiger partial charge is 0.328 e. The Kier molecular flexibility index (Phi) is 4.75. The molecule has 6 heteroatoms. The molecule has 1 aliphatic heterocycles. The fourth-order valence-electron chi connectivity index (χ4n) is 3.33. The Morgan fingerprint density at radius 1 is 1.04 bits per heavy atom. The van der Waals surface area contributed by atoms with E-state index in [2.05, 4.69) is 22.2 Å². The van der Waals surface area contributed by atoms with Crippen LogP contribution in [0.3, 0.4) is 0 Å². The fraction of sp³-hybridized carbons (Fsp3) is 0.250. The zero-order chi connectivity index (χ0) is 17.8. The van der Waals surface area contributed by atoms with Crippen LogP contribution in [0.5, 0.6) is 0 Å². The minimum Gasteiger partial charge on any atom is -0.328 e. The molecular formula is C20H22N5O+. The van der Waals surface area contributed by atoms with Crippen LogP contribution in [0.2, 0.25) is 0 Å². The van der Waals surface area contributed by atoms with Gasteiger partial charge in [-0.1, -0.05) is 18.2 Å². The van der Waals surface area contributed by atoms with Crippen molar-refractivity contribution in [3.8, 4) is 5.69 Å². The molecule has 0 spiro atoms.